The molecule has 0 aromatic carbocycles. The van der Waals surface area contributed by atoms with E-state index >= 15 is 0 Å². The Labute approximate surface area is 86.3 Å². The molecule has 1 N–H and O–H groups in total. The van der Waals surface area contributed by atoms with E-state index in [1.54, 1.807) is 6.92 Å². The van der Waals surface area contributed by atoms with Gasteiger partial charge in [-0.1, -0.05) is 0 Å². The summed E-state index contributed by atoms with van der Waals surface area (Å²) in [5, 5.41) is 8.73. The zero-order valence-electron chi connectivity index (χ0n) is 8.24. The van der Waals surface area contributed by atoms with Crippen LogP contribution in [0.5, 0.6) is 0 Å². The van der Waals surface area contributed by atoms with Crippen molar-refractivity contribution in [3.63, 3.8) is 0 Å². The van der Waals surface area contributed by atoms with Crippen LogP contribution in [0.15, 0.2) is 17.1 Å². The topological polar surface area (TPSA) is 83.0 Å². The zero-order chi connectivity index (χ0) is 11.3. The summed E-state index contributed by atoms with van der Waals surface area (Å²) < 4.78 is 4.74. The summed E-state index contributed by atoms with van der Waals surface area (Å²) in [6, 6.07) is 3.02. The van der Waals surface area contributed by atoms with E-state index in [4.69, 9.17) is 10.00 Å². The number of aromatic amines is 1. The molecule has 1 aromatic rings. The van der Waals surface area contributed by atoms with Crippen molar-refractivity contribution in [1.29, 1.82) is 5.26 Å². The fraction of sp³-hybridized carbons (Fsp3) is 0.300. The average molecular weight is 206 g/mol. The number of carbonyl (C=O) groups is 1. The lowest BCUT2D eigenvalue weighted by atomic mass is 10.1. The van der Waals surface area contributed by atoms with Gasteiger partial charge in [0.1, 0.15) is 0 Å². The number of nitrogens with zero attached hydrogens (tertiary/aromatic N) is 1. The van der Waals surface area contributed by atoms with Gasteiger partial charge in [-0.3, -0.25) is 9.59 Å². The predicted molar refractivity (Wildman–Crippen MR) is 52.1 cm³/mol. The van der Waals surface area contributed by atoms with Gasteiger partial charge in [0.05, 0.1) is 24.7 Å². The number of pyridine rings is 1. The van der Waals surface area contributed by atoms with Crippen LogP contribution < -0.4 is 5.56 Å². The van der Waals surface area contributed by atoms with Gasteiger partial charge in [0.15, 0.2) is 0 Å². The number of rotatable bonds is 3. The van der Waals surface area contributed by atoms with Gasteiger partial charge in [0.2, 0.25) is 5.56 Å². The minimum Gasteiger partial charge on any atom is -0.466 e. The van der Waals surface area contributed by atoms with E-state index in [9.17, 15) is 9.59 Å². The van der Waals surface area contributed by atoms with Crippen molar-refractivity contribution in [3.8, 4) is 6.07 Å². The monoisotopic (exact) mass is 206 g/mol. The summed E-state index contributed by atoms with van der Waals surface area (Å²) in [4.78, 5) is 24.4. The summed E-state index contributed by atoms with van der Waals surface area (Å²) >= 11 is 0. The Kier molecular flexibility index (Phi) is 3.63. The van der Waals surface area contributed by atoms with Crippen LogP contribution in [0.2, 0.25) is 0 Å². The SMILES string of the molecule is CCOC(=O)Cc1c[nH]c(=O)cc1C#N. The van der Waals surface area contributed by atoms with E-state index in [1.165, 1.54) is 6.20 Å². The first-order valence-corrected chi connectivity index (χ1v) is 4.44. The van der Waals surface area contributed by atoms with E-state index in [2.05, 4.69) is 4.98 Å². The molecule has 0 amide bonds. The Balaban J connectivity index is 2.91. The normalized spacial score (nSPS) is 9.33. The minimum atomic E-state index is -0.416. The molecule has 0 spiro atoms. The second-order valence-electron chi connectivity index (χ2n) is 2.83. The summed E-state index contributed by atoms with van der Waals surface area (Å²) in [7, 11) is 0. The predicted octanol–water partition coefficient (Wildman–Crippen LogP) is 0.352. The maximum Gasteiger partial charge on any atom is 0.310 e. The highest BCUT2D eigenvalue weighted by molar-refractivity contribution is 5.73. The third-order valence-electron chi connectivity index (χ3n) is 1.77. The Morgan fingerprint density at radius 3 is 3.00 bits per heavy atom. The van der Waals surface area contributed by atoms with Crippen molar-refractivity contribution in [2.24, 2.45) is 0 Å². The number of aromatic nitrogens is 1. The molecule has 0 atom stereocenters. The summed E-state index contributed by atoms with van der Waals surface area (Å²) in [5.41, 5.74) is 0.307. The highest BCUT2D eigenvalue weighted by atomic mass is 16.5. The van der Waals surface area contributed by atoms with Gasteiger partial charge in [0, 0.05) is 12.3 Å². The van der Waals surface area contributed by atoms with Crippen molar-refractivity contribution >= 4 is 5.97 Å². The lowest BCUT2D eigenvalue weighted by Crippen LogP contribution is -2.12. The van der Waals surface area contributed by atoms with E-state index in [0.717, 1.165) is 6.07 Å². The summed E-state index contributed by atoms with van der Waals surface area (Å²) in [5.74, 6) is -0.416. The van der Waals surface area contributed by atoms with Crippen LogP contribution in [0.1, 0.15) is 18.1 Å². The maximum atomic E-state index is 11.1. The molecule has 0 saturated carbocycles. The number of nitriles is 1. The second kappa shape index (κ2) is 4.96. The Bertz CT molecular complexity index is 456. The van der Waals surface area contributed by atoms with Crippen molar-refractivity contribution in [2.45, 2.75) is 13.3 Å². The largest absolute Gasteiger partial charge is 0.466 e. The highest BCUT2D eigenvalue weighted by Gasteiger charge is 2.08. The number of H-pyrrole nitrogens is 1. The van der Waals surface area contributed by atoms with Crippen LogP contribution in [0.4, 0.5) is 0 Å². The van der Waals surface area contributed by atoms with Crippen LogP contribution in [0.3, 0.4) is 0 Å². The Morgan fingerprint density at radius 2 is 2.40 bits per heavy atom. The van der Waals surface area contributed by atoms with E-state index in [0.29, 0.717) is 12.2 Å². The highest BCUT2D eigenvalue weighted by Crippen LogP contribution is 2.04. The maximum absolute atomic E-state index is 11.1. The van der Waals surface area contributed by atoms with Crippen molar-refractivity contribution in [1.82, 2.24) is 4.98 Å². The molecule has 0 bridgehead atoms. The van der Waals surface area contributed by atoms with Crippen LogP contribution in [0, 0.1) is 11.3 Å². The Hall–Kier alpha value is -2.09. The molecule has 0 saturated heterocycles. The first kappa shape index (κ1) is 11.0. The number of carbonyl (C=O) groups excluding carboxylic acids is 1. The third kappa shape index (κ3) is 2.95. The third-order valence-corrected chi connectivity index (χ3v) is 1.77. The molecule has 0 unspecified atom stereocenters. The van der Waals surface area contributed by atoms with Crippen LogP contribution in [-0.2, 0) is 16.0 Å². The smallest absolute Gasteiger partial charge is 0.310 e. The van der Waals surface area contributed by atoms with Crippen molar-refractivity contribution < 1.29 is 9.53 Å². The molecular weight excluding hydrogens is 196 g/mol. The van der Waals surface area contributed by atoms with Crippen LogP contribution >= 0.6 is 0 Å². The van der Waals surface area contributed by atoms with Gasteiger partial charge < -0.3 is 9.72 Å². The fourth-order valence-corrected chi connectivity index (χ4v) is 1.12. The van der Waals surface area contributed by atoms with E-state index < -0.39 is 5.97 Å². The molecule has 0 fully saturated rings. The molecule has 1 aromatic heterocycles. The van der Waals surface area contributed by atoms with Gasteiger partial charge in [-0.2, -0.15) is 5.26 Å². The molecule has 5 nitrogen and oxygen atoms in total. The molecule has 78 valence electrons. The van der Waals surface area contributed by atoms with Gasteiger partial charge in [-0.25, -0.2) is 0 Å². The average Bonchev–Trinajstić information content (AvgIpc) is 2.21. The lowest BCUT2D eigenvalue weighted by Gasteiger charge is -2.02. The number of ether oxygens (including phenoxy) is 1. The molecule has 5 heteroatoms. The molecule has 1 rings (SSSR count). The minimum absolute atomic E-state index is 0.00644. The van der Waals surface area contributed by atoms with Gasteiger partial charge in [0.25, 0.3) is 0 Å². The molecule has 0 aliphatic heterocycles. The number of hydrogen-bond acceptors (Lipinski definition) is 4. The van der Waals surface area contributed by atoms with E-state index in [1.807, 2.05) is 6.07 Å². The van der Waals surface area contributed by atoms with Crippen LogP contribution in [-0.4, -0.2) is 17.6 Å². The van der Waals surface area contributed by atoms with Crippen molar-refractivity contribution in [3.05, 3.63) is 33.7 Å². The van der Waals surface area contributed by atoms with Gasteiger partial charge in [-0.15, -0.1) is 0 Å². The summed E-state index contributed by atoms with van der Waals surface area (Å²) in [6.07, 6.45) is 1.35. The lowest BCUT2D eigenvalue weighted by molar-refractivity contribution is -0.142. The molecular formula is C10H10N2O3. The van der Waals surface area contributed by atoms with Gasteiger partial charge >= 0.3 is 5.97 Å². The Morgan fingerprint density at radius 1 is 1.67 bits per heavy atom. The van der Waals surface area contributed by atoms with E-state index in [-0.39, 0.29) is 17.5 Å². The second-order valence-corrected chi connectivity index (χ2v) is 2.83. The first-order valence-electron chi connectivity index (χ1n) is 4.44. The molecule has 1 heterocycles. The fourth-order valence-electron chi connectivity index (χ4n) is 1.12. The van der Waals surface area contributed by atoms with Crippen molar-refractivity contribution in [2.75, 3.05) is 6.61 Å². The molecule has 15 heavy (non-hydrogen) atoms. The van der Waals surface area contributed by atoms with Gasteiger partial charge in [-0.05, 0) is 12.5 Å². The zero-order valence-corrected chi connectivity index (χ0v) is 8.24. The van der Waals surface area contributed by atoms with Crippen LogP contribution in [0.25, 0.3) is 0 Å². The molecule has 0 radical (unpaired) electrons. The number of hydrogen-bond donors (Lipinski definition) is 1. The number of esters is 1. The number of nitrogens with one attached hydrogen (secondary N) is 1. The summed E-state index contributed by atoms with van der Waals surface area (Å²) in [6.45, 7) is 2.00. The first-order chi connectivity index (χ1) is 7.17. The molecule has 0 aliphatic rings. The quantitative estimate of drug-likeness (QED) is 0.723. The molecule has 0 aliphatic carbocycles. The standard InChI is InChI=1S/C10H10N2O3/c1-2-15-10(14)4-8-6-12-9(13)3-7(8)5-11/h3,6H,2,4H2,1H3,(H,12,13).